The Morgan fingerprint density at radius 2 is 2.42 bits per heavy atom. The number of nitrogens with zero attached hydrogens (tertiary/aromatic N) is 2. The van der Waals surface area contributed by atoms with Gasteiger partial charge in [0, 0.05) is 18.2 Å². The molecule has 0 aliphatic carbocycles. The smallest absolute Gasteiger partial charge is 0.153 e. The van der Waals surface area contributed by atoms with Gasteiger partial charge in [-0.05, 0) is 20.3 Å². The van der Waals surface area contributed by atoms with Crippen LogP contribution in [0.5, 0.6) is 0 Å². The molecule has 2 heterocycles. The number of aromatic nitrogens is 1. The van der Waals surface area contributed by atoms with Crippen molar-refractivity contribution in [1.82, 2.24) is 10.1 Å². The molecule has 1 aliphatic rings. The topological polar surface area (TPSA) is 29.3 Å². The summed E-state index contributed by atoms with van der Waals surface area (Å²) in [5.41, 5.74) is 1.28. The number of hydrogen-bond acceptors (Lipinski definition) is 3. The molecule has 0 N–H and O–H groups in total. The predicted molar refractivity (Wildman–Crippen MR) is 45.8 cm³/mol. The molecule has 0 radical (unpaired) electrons. The average Bonchev–Trinajstić information content (AvgIpc) is 2.49. The maximum absolute atomic E-state index is 5.14. The van der Waals surface area contributed by atoms with Crippen molar-refractivity contribution < 1.29 is 4.52 Å². The zero-order valence-electron chi connectivity index (χ0n) is 7.58. The van der Waals surface area contributed by atoms with Gasteiger partial charge in [0.1, 0.15) is 0 Å². The first-order valence-corrected chi connectivity index (χ1v) is 4.44. The van der Waals surface area contributed by atoms with Crippen molar-refractivity contribution in [1.29, 1.82) is 0 Å². The van der Waals surface area contributed by atoms with Gasteiger partial charge < -0.3 is 4.52 Å². The highest BCUT2D eigenvalue weighted by atomic mass is 16.5. The molecule has 1 aromatic heterocycles. The minimum Gasteiger partial charge on any atom is -0.360 e. The standard InChI is InChI=1S/C9H14N2O/c1-7(2)11-4-3-8-5-10-12-9(8)6-11/h5,7H,3-4,6H2,1-2H3. The fraction of sp³-hybridized carbons (Fsp3) is 0.667. The van der Waals surface area contributed by atoms with Crippen molar-refractivity contribution in [2.75, 3.05) is 6.54 Å². The summed E-state index contributed by atoms with van der Waals surface area (Å²) >= 11 is 0. The van der Waals surface area contributed by atoms with E-state index in [0.29, 0.717) is 6.04 Å². The first-order valence-electron chi connectivity index (χ1n) is 4.44. The van der Waals surface area contributed by atoms with Crippen molar-refractivity contribution in [3.63, 3.8) is 0 Å². The molecule has 0 fully saturated rings. The minimum absolute atomic E-state index is 0.600. The fourth-order valence-corrected chi connectivity index (χ4v) is 1.59. The van der Waals surface area contributed by atoms with E-state index in [1.165, 1.54) is 5.56 Å². The Morgan fingerprint density at radius 1 is 1.58 bits per heavy atom. The Balaban J connectivity index is 2.15. The van der Waals surface area contributed by atoms with Gasteiger partial charge in [0.15, 0.2) is 5.76 Å². The molecular weight excluding hydrogens is 152 g/mol. The van der Waals surface area contributed by atoms with E-state index in [1.54, 1.807) is 0 Å². The fourth-order valence-electron chi connectivity index (χ4n) is 1.59. The van der Waals surface area contributed by atoms with Gasteiger partial charge in [0.25, 0.3) is 0 Å². The second-order valence-electron chi connectivity index (χ2n) is 3.59. The van der Waals surface area contributed by atoms with Gasteiger partial charge in [-0.3, -0.25) is 4.90 Å². The molecule has 0 spiro atoms. The lowest BCUT2D eigenvalue weighted by molar-refractivity contribution is 0.177. The van der Waals surface area contributed by atoms with Crippen LogP contribution < -0.4 is 0 Å². The molecule has 1 aromatic rings. The van der Waals surface area contributed by atoms with Crippen molar-refractivity contribution in [3.8, 4) is 0 Å². The lowest BCUT2D eigenvalue weighted by Gasteiger charge is -2.28. The van der Waals surface area contributed by atoms with E-state index in [2.05, 4.69) is 23.9 Å². The summed E-state index contributed by atoms with van der Waals surface area (Å²) in [5, 5.41) is 3.80. The third-order valence-electron chi connectivity index (χ3n) is 2.47. The summed E-state index contributed by atoms with van der Waals surface area (Å²) in [5.74, 6) is 1.05. The van der Waals surface area contributed by atoms with Gasteiger partial charge in [-0.25, -0.2) is 0 Å². The van der Waals surface area contributed by atoms with E-state index in [0.717, 1.165) is 25.3 Å². The van der Waals surface area contributed by atoms with Gasteiger partial charge in [-0.2, -0.15) is 0 Å². The first kappa shape index (κ1) is 7.80. The van der Waals surface area contributed by atoms with Crippen LogP contribution in [0, 0.1) is 0 Å². The molecule has 0 atom stereocenters. The molecule has 0 aromatic carbocycles. The summed E-state index contributed by atoms with van der Waals surface area (Å²) in [6.07, 6.45) is 2.92. The van der Waals surface area contributed by atoms with Gasteiger partial charge >= 0.3 is 0 Å². The molecule has 12 heavy (non-hydrogen) atoms. The van der Waals surface area contributed by atoms with Crippen LogP contribution in [0.15, 0.2) is 10.7 Å². The van der Waals surface area contributed by atoms with Gasteiger partial charge in [-0.1, -0.05) is 5.16 Å². The average molecular weight is 166 g/mol. The Hall–Kier alpha value is -0.830. The van der Waals surface area contributed by atoms with Gasteiger partial charge in [0.05, 0.1) is 12.7 Å². The summed E-state index contributed by atoms with van der Waals surface area (Å²) in [4.78, 5) is 2.40. The molecular formula is C9H14N2O. The summed E-state index contributed by atoms with van der Waals surface area (Å²) in [6, 6.07) is 0.600. The van der Waals surface area contributed by atoms with Crippen molar-refractivity contribution in [3.05, 3.63) is 17.5 Å². The molecule has 66 valence electrons. The van der Waals surface area contributed by atoms with Crippen molar-refractivity contribution >= 4 is 0 Å². The minimum atomic E-state index is 0.600. The van der Waals surface area contributed by atoms with E-state index < -0.39 is 0 Å². The number of rotatable bonds is 1. The van der Waals surface area contributed by atoms with E-state index in [4.69, 9.17) is 4.52 Å². The molecule has 0 amide bonds. The second kappa shape index (κ2) is 2.90. The van der Waals surface area contributed by atoms with Gasteiger partial charge in [-0.15, -0.1) is 0 Å². The second-order valence-corrected chi connectivity index (χ2v) is 3.59. The summed E-state index contributed by atoms with van der Waals surface area (Å²) < 4.78 is 5.14. The van der Waals surface area contributed by atoms with Crippen LogP contribution in [0.1, 0.15) is 25.2 Å². The highest BCUT2D eigenvalue weighted by molar-refractivity contribution is 5.16. The lowest BCUT2D eigenvalue weighted by atomic mass is 10.1. The zero-order valence-corrected chi connectivity index (χ0v) is 7.58. The third kappa shape index (κ3) is 1.25. The molecule has 2 rings (SSSR count). The highest BCUT2D eigenvalue weighted by Crippen LogP contribution is 2.19. The van der Waals surface area contributed by atoms with E-state index in [-0.39, 0.29) is 0 Å². The predicted octanol–water partition coefficient (Wildman–Crippen LogP) is 1.44. The zero-order chi connectivity index (χ0) is 8.55. The molecule has 0 bridgehead atoms. The summed E-state index contributed by atoms with van der Waals surface area (Å²) in [6.45, 7) is 6.47. The Kier molecular flexibility index (Phi) is 1.89. The molecule has 3 heteroatoms. The monoisotopic (exact) mass is 166 g/mol. The maximum Gasteiger partial charge on any atom is 0.153 e. The van der Waals surface area contributed by atoms with Gasteiger partial charge in [0.2, 0.25) is 0 Å². The van der Waals surface area contributed by atoms with Crippen LogP contribution in [0.4, 0.5) is 0 Å². The van der Waals surface area contributed by atoms with E-state index >= 15 is 0 Å². The number of hydrogen-bond donors (Lipinski definition) is 0. The van der Waals surface area contributed by atoms with Crippen LogP contribution in [0.25, 0.3) is 0 Å². The lowest BCUT2D eigenvalue weighted by Crippen LogP contribution is -2.35. The van der Waals surface area contributed by atoms with Crippen LogP contribution >= 0.6 is 0 Å². The largest absolute Gasteiger partial charge is 0.360 e. The molecule has 0 saturated carbocycles. The quantitative estimate of drug-likeness (QED) is 0.632. The van der Waals surface area contributed by atoms with Crippen LogP contribution in [-0.4, -0.2) is 22.6 Å². The SMILES string of the molecule is CC(C)N1CCc2cnoc2C1. The Bertz CT molecular complexity index is 267. The van der Waals surface area contributed by atoms with E-state index in [1.807, 2.05) is 6.20 Å². The van der Waals surface area contributed by atoms with Crippen LogP contribution in [-0.2, 0) is 13.0 Å². The number of fused-ring (bicyclic) bond motifs is 1. The third-order valence-corrected chi connectivity index (χ3v) is 2.47. The maximum atomic E-state index is 5.14. The van der Waals surface area contributed by atoms with E-state index in [9.17, 15) is 0 Å². The highest BCUT2D eigenvalue weighted by Gasteiger charge is 2.20. The Labute approximate surface area is 72.3 Å². The normalized spacial score (nSPS) is 18.2. The summed E-state index contributed by atoms with van der Waals surface area (Å²) in [7, 11) is 0. The van der Waals surface area contributed by atoms with Crippen LogP contribution in [0.2, 0.25) is 0 Å². The molecule has 1 aliphatic heterocycles. The first-order chi connectivity index (χ1) is 5.77. The van der Waals surface area contributed by atoms with Crippen LogP contribution in [0.3, 0.4) is 0 Å². The molecule has 0 unspecified atom stereocenters. The molecule has 0 saturated heterocycles. The van der Waals surface area contributed by atoms with Crippen molar-refractivity contribution in [2.24, 2.45) is 0 Å². The van der Waals surface area contributed by atoms with Crippen molar-refractivity contribution in [2.45, 2.75) is 32.9 Å². The molecule has 3 nitrogen and oxygen atoms in total. The Morgan fingerprint density at radius 3 is 3.17 bits per heavy atom.